The molecule has 1 atom stereocenters. The summed E-state index contributed by atoms with van der Waals surface area (Å²) < 4.78 is 4.64. The van der Waals surface area contributed by atoms with Crippen LogP contribution in [0.4, 0.5) is 0 Å². The van der Waals surface area contributed by atoms with Gasteiger partial charge in [-0.3, -0.25) is 4.79 Å². The van der Waals surface area contributed by atoms with Crippen LogP contribution in [0.3, 0.4) is 0 Å². The van der Waals surface area contributed by atoms with Crippen molar-refractivity contribution in [1.82, 2.24) is 4.90 Å². The number of amides is 1. The Hall–Kier alpha value is -1.14. The molecule has 0 spiro atoms. The average Bonchev–Trinajstić information content (AvgIpc) is 2.15. The Morgan fingerprint density at radius 3 is 2.67 bits per heavy atom. The number of nitrogens with zero attached hydrogens (tertiary/aromatic N) is 1. The van der Waals surface area contributed by atoms with Gasteiger partial charge in [0.1, 0.15) is 0 Å². The maximum atomic E-state index is 11.5. The van der Waals surface area contributed by atoms with Gasteiger partial charge in [-0.1, -0.05) is 0 Å². The van der Waals surface area contributed by atoms with Crippen LogP contribution < -0.4 is 5.73 Å². The molecule has 15 heavy (non-hydrogen) atoms. The first-order valence-electron chi connectivity index (χ1n) is 4.92. The van der Waals surface area contributed by atoms with E-state index in [0.717, 1.165) is 0 Å². The lowest BCUT2D eigenvalue weighted by atomic mass is 10.0. The zero-order chi connectivity index (χ0) is 11.4. The minimum absolute atomic E-state index is 0.0540. The molecule has 6 nitrogen and oxygen atoms in total. The largest absolute Gasteiger partial charge is 0.464 e. The summed E-state index contributed by atoms with van der Waals surface area (Å²) in [5.74, 6) is -1.02. The topological polar surface area (TPSA) is 92.9 Å². The average molecular weight is 216 g/mol. The van der Waals surface area contributed by atoms with Crippen LogP contribution in [0.5, 0.6) is 0 Å². The molecule has 1 saturated heterocycles. The Balaban J connectivity index is 2.37. The molecule has 0 saturated carbocycles. The molecule has 1 rings (SSSR count). The van der Waals surface area contributed by atoms with Gasteiger partial charge >= 0.3 is 5.97 Å². The monoisotopic (exact) mass is 216 g/mol. The molecule has 1 unspecified atom stereocenters. The molecular formula is C9H16N2O4. The van der Waals surface area contributed by atoms with Crippen molar-refractivity contribution in [2.75, 3.05) is 26.3 Å². The molecule has 3 N–H and O–H groups in total. The summed E-state index contributed by atoms with van der Waals surface area (Å²) in [4.78, 5) is 24.1. The van der Waals surface area contributed by atoms with Crippen LogP contribution in [0.2, 0.25) is 0 Å². The fraction of sp³-hybridized carbons (Fsp3) is 0.778. The van der Waals surface area contributed by atoms with Gasteiger partial charge in [-0.2, -0.15) is 0 Å². The third-order valence-electron chi connectivity index (χ3n) is 2.33. The number of likely N-dealkylation sites (tertiary alicyclic amines) is 1. The van der Waals surface area contributed by atoms with E-state index in [1.54, 1.807) is 6.92 Å². The summed E-state index contributed by atoms with van der Waals surface area (Å²) in [6.07, 6.45) is 0. The molecule has 0 aliphatic carbocycles. The van der Waals surface area contributed by atoms with Gasteiger partial charge in [0.05, 0.1) is 6.61 Å². The molecule has 0 radical (unpaired) electrons. The van der Waals surface area contributed by atoms with Crippen LogP contribution in [-0.2, 0) is 14.3 Å². The maximum Gasteiger partial charge on any atom is 0.332 e. The number of aliphatic hydroxyl groups excluding tert-OH is 1. The first-order valence-corrected chi connectivity index (χ1v) is 4.92. The lowest BCUT2D eigenvalue weighted by Gasteiger charge is -2.39. The molecule has 1 aliphatic rings. The van der Waals surface area contributed by atoms with Crippen molar-refractivity contribution >= 4 is 11.9 Å². The number of hydrogen-bond donors (Lipinski definition) is 2. The Labute approximate surface area is 88.0 Å². The second-order valence-electron chi connectivity index (χ2n) is 3.52. The molecule has 6 heteroatoms. The van der Waals surface area contributed by atoms with E-state index in [1.165, 1.54) is 4.90 Å². The van der Waals surface area contributed by atoms with E-state index in [2.05, 4.69) is 4.74 Å². The lowest BCUT2D eigenvalue weighted by Crippen LogP contribution is -2.58. The first-order chi connectivity index (χ1) is 7.10. The van der Waals surface area contributed by atoms with Crippen LogP contribution in [-0.4, -0.2) is 54.2 Å². The first kappa shape index (κ1) is 11.9. The zero-order valence-electron chi connectivity index (χ0n) is 8.68. The number of esters is 1. The van der Waals surface area contributed by atoms with E-state index in [1.807, 2.05) is 0 Å². The summed E-state index contributed by atoms with van der Waals surface area (Å²) in [6.45, 7) is 2.84. The Kier molecular flexibility index (Phi) is 4.05. The lowest BCUT2D eigenvalue weighted by molar-refractivity contribution is -0.153. The van der Waals surface area contributed by atoms with Gasteiger partial charge in [0.15, 0.2) is 6.04 Å². The van der Waals surface area contributed by atoms with E-state index in [0.29, 0.717) is 13.1 Å². The minimum atomic E-state index is -1.23. The summed E-state index contributed by atoms with van der Waals surface area (Å²) >= 11 is 0. The number of ether oxygens (including phenoxy) is 1. The Morgan fingerprint density at radius 1 is 1.60 bits per heavy atom. The van der Waals surface area contributed by atoms with Crippen molar-refractivity contribution in [2.45, 2.75) is 13.0 Å². The van der Waals surface area contributed by atoms with E-state index < -0.39 is 17.9 Å². The van der Waals surface area contributed by atoms with Crippen molar-refractivity contribution in [3.05, 3.63) is 0 Å². The molecule has 1 fully saturated rings. The van der Waals surface area contributed by atoms with Crippen molar-refractivity contribution < 1.29 is 19.4 Å². The number of carbonyl (C=O) groups excluding carboxylic acids is 2. The Bertz CT molecular complexity index is 250. The number of nitrogens with two attached hydrogens (primary N) is 1. The smallest absolute Gasteiger partial charge is 0.332 e. The number of aliphatic hydroxyl groups is 1. The van der Waals surface area contributed by atoms with E-state index >= 15 is 0 Å². The van der Waals surface area contributed by atoms with Gasteiger partial charge < -0.3 is 20.5 Å². The fourth-order valence-electron chi connectivity index (χ4n) is 1.39. The second kappa shape index (κ2) is 5.09. The van der Waals surface area contributed by atoms with Crippen molar-refractivity contribution in [3.63, 3.8) is 0 Å². The summed E-state index contributed by atoms with van der Waals surface area (Å²) in [5.41, 5.74) is 5.42. The molecule has 86 valence electrons. The second-order valence-corrected chi connectivity index (χ2v) is 3.52. The predicted molar refractivity (Wildman–Crippen MR) is 51.8 cm³/mol. The zero-order valence-corrected chi connectivity index (χ0v) is 8.68. The highest BCUT2D eigenvalue weighted by atomic mass is 16.5. The molecular weight excluding hydrogens is 200 g/mol. The summed E-state index contributed by atoms with van der Waals surface area (Å²) in [6, 6.07) is -1.23. The molecule has 0 bridgehead atoms. The van der Waals surface area contributed by atoms with Crippen LogP contribution in [0.15, 0.2) is 0 Å². The Morgan fingerprint density at radius 2 is 2.20 bits per heavy atom. The molecule has 1 heterocycles. The van der Waals surface area contributed by atoms with Crippen molar-refractivity contribution in [3.8, 4) is 0 Å². The standard InChI is InChI=1S/C9H16N2O4/c1-2-15-9(14)7(10)8(13)11-3-6(4-11)5-12/h6-7,12H,2-5,10H2,1H3. The van der Waals surface area contributed by atoms with Gasteiger partial charge in [0.2, 0.25) is 0 Å². The summed E-state index contributed by atoms with van der Waals surface area (Å²) in [5, 5.41) is 8.76. The fourth-order valence-corrected chi connectivity index (χ4v) is 1.39. The summed E-state index contributed by atoms with van der Waals surface area (Å²) in [7, 11) is 0. The quantitative estimate of drug-likeness (QED) is 0.433. The molecule has 0 aromatic carbocycles. The van der Waals surface area contributed by atoms with Gasteiger partial charge in [0.25, 0.3) is 5.91 Å². The SMILES string of the molecule is CCOC(=O)C(N)C(=O)N1CC(CO)C1. The minimum Gasteiger partial charge on any atom is -0.464 e. The predicted octanol–water partition coefficient (Wildman–Crippen LogP) is -1.67. The van der Waals surface area contributed by atoms with Gasteiger partial charge in [-0.05, 0) is 6.92 Å². The van der Waals surface area contributed by atoms with E-state index in [4.69, 9.17) is 10.8 Å². The highest BCUT2D eigenvalue weighted by Gasteiger charge is 2.35. The normalized spacial score (nSPS) is 18.2. The third-order valence-corrected chi connectivity index (χ3v) is 2.33. The molecule has 1 amide bonds. The number of rotatable bonds is 4. The van der Waals surface area contributed by atoms with Gasteiger partial charge in [0, 0.05) is 25.6 Å². The molecule has 1 aliphatic heterocycles. The highest BCUT2D eigenvalue weighted by molar-refractivity contribution is 6.01. The highest BCUT2D eigenvalue weighted by Crippen LogP contribution is 2.15. The van der Waals surface area contributed by atoms with Crippen molar-refractivity contribution in [2.24, 2.45) is 11.7 Å². The van der Waals surface area contributed by atoms with Crippen LogP contribution >= 0.6 is 0 Å². The van der Waals surface area contributed by atoms with Crippen LogP contribution in [0.1, 0.15) is 6.92 Å². The molecule has 0 aromatic rings. The maximum absolute atomic E-state index is 11.5. The third kappa shape index (κ3) is 2.66. The van der Waals surface area contributed by atoms with Crippen LogP contribution in [0, 0.1) is 5.92 Å². The molecule has 0 aromatic heterocycles. The van der Waals surface area contributed by atoms with Gasteiger partial charge in [-0.15, -0.1) is 0 Å². The number of hydrogen-bond acceptors (Lipinski definition) is 5. The van der Waals surface area contributed by atoms with Crippen LogP contribution in [0.25, 0.3) is 0 Å². The van der Waals surface area contributed by atoms with E-state index in [-0.39, 0.29) is 19.1 Å². The van der Waals surface area contributed by atoms with E-state index in [9.17, 15) is 9.59 Å². The van der Waals surface area contributed by atoms with Gasteiger partial charge in [-0.25, -0.2) is 4.79 Å². The number of carbonyl (C=O) groups is 2. The van der Waals surface area contributed by atoms with Crippen molar-refractivity contribution in [1.29, 1.82) is 0 Å².